The summed E-state index contributed by atoms with van der Waals surface area (Å²) in [5.74, 6) is 2.05. The van der Waals surface area contributed by atoms with Crippen LogP contribution in [0.25, 0.3) is 22.3 Å². The predicted molar refractivity (Wildman–Crippen MR) is 272 cm³/mol. The van der Waals surface area contributed by atoms with E-state index in [1.165, 1.54) is 16.7 Å². The Kier molecular flexibility index (Phi) is 18.6. The van der Waals surface area contributed by atoms with Gasteiger partial charge in [-0.25, -0.2) is 0 Å². The van der Waals surface area contributed by atoms with Crippen LogP contribution in [-0.2, 0) is 14.4 Å². The van der Waals surface area contributed by atoms with E-state index in [1.807, 2.05) is 158 Å². The Bertz CT molecular complexity index is 2560. The van der Waals surface area contributed by atoms with Crippen molar-refractivity contribution in [1.29, 1.82) is 0 Å². The molecule has 8 nitrogen and oxygen atoms in total. The summed E-state index contributed by atoms with van der Waals surface area (Å²) in [6.07, 6.45) is 2.45. The second-order valence-corrected chi connectivity index (χ2v) is 18.0. The van der Waals surface area contributed by atoms with Crippen molar-refractivity contribution >= 4 is 40.5 Å². The van der Waals surface area contributed by atoms with Gasteiger partial charge in [0.1, 0.15) is 36.2 Å². The minimum Gasteiger partial charge on any atom is -0.492 e. The van der Waals surface area contributed by atoms with Crippen LogP contribution < -0.4 is 24.3 Å². The summed E-state index contributed by atoms with van der Waals surface area (Å²) >= 11 is 0. The van der Waals surface area contributed by atoms with E-state index in [9.17, 15) is 14.4 Å². The van der Waals surface area contributed by atoms with Crippen LogP contribution in [0, 0.1) is 10.8 Å². The molecular formula is C59H65NO7. The van der Waals surface area contributed by atoms with Crippen molar-refractivity contribution < 1.29 is 33.3 Å². The fourth-order valence-corrected chi connectivity index (χ4v) is 7.10. The second kappa shape index (κ2) is 24.5. The molecule has 0 saturated heterocycles. The summed E-state index contributed by atoms with van der Waals surface area (Å²) in [6, 6.07) is 52.2. The molecule has 0 saturated carbocycles. The molecular weight excluding hydrogens is 835 g/mol. The van der Waals surface area contributed by atoms with E-state index in [4.69, 9.17) is 18.9 Å². The number of hydrogen-bond donors (Lipinski definition) is 1. The highest BCUT2D eigenvalue weighted by molar-refractivity contribution is 6.00. The molecule has 67 heavy (non-hydrogen) atoms. The first kappa shape index (κ1) is 51.0. The minimum atomic E-state index is -0.569. The van der Waals surface area contributed by atoms with Gasteiger partial charge in [-0.3, -0.25) is 14.4 Å². The van der Waals surface area contributed by atoms with Gasteiger partial charge in [-0.05, 0) is 166 Å². The normalized spacial score (nSPS) is 12.1. The quantitative estimate of drug-likeness (QED) is 0.0318. The van der Waals surface area contributed by atoms with E-state index in [-0.39, 0.29) is 18.5 Å². The minimum absolute atomic E-state index is 0.0288. The topological polar surface area (TPSA) is 100 Å². The summed E-state index contributed by atoms with van der Waals surface area (Å²) < 4.78 is 22.3. The standard InChI is InChI=1S/C30H35NO3.C29H30O4/c1-6-27(22-10-8-7-9-11-22)28(23-12-16-25(17-13-23)33-21-20-31-5)24-14-18-26(19-15-24)34-29(32)30(2,3)4;1-5-26(21-9-7-6-8-10-21)27(22-11-15-24(16-12-22)32-20-19-30)23-13-17-25(18-14-23)33-28(31)29(2,3)4/h7-19,31H,6,20-21H2,1-5H3;6-19H,5,20H2,1-4H3/b28-27+;27-26+. The second-order valence-electron chi connectivity index (χ2n) is 18.0. The highest BCUT2D eigenvalue weighted by atomic mass is 16.5. The van der Waals surface area contributed by atoms with Crippen molar-refractivity contribution in [2.75, 3.05) is 26.8 Å². The Morgan fingerprint density at radius 3 is 1.09 bits per heavy atom. The summed E-state index contributed by atoms with van der Waals surface area (Å²) in [5.41, 5.74) is 10.2. The van der Waals surface area contributed by atoms with E-state index >= 15 is 0 Å². The fourth-order valence-electron chi connectivity index (χ4n) is 7.10. The van der Waals surface area contributed by atoms with E-state index < -0.39 is 10.8 Å². The van der Waals surface area contributed by atoms with Crippen LogP contribution >= 0.6 is 0 Å². The monoisotopic (exact) mass is 899 g/mol. The number of benzene rings is 6. The van der Waals surface area contributed by atoms with Gasteiger partial charge in [-0.1, -0.05) is 123 Å². The number of rotatable bonds is 17. The third-order valence-electron chi connectivity index (χ3n) is 10.7. The smallest absolute Gasteiger partial charge is 0.316 e. The maximum Gasteiger partial charge on any atom is 0.316 e. The maximum atomic E-state index is 12.3. The van der Waals surface area contributed by atoms with Crippen molar-refractivity contribution in [3.63, 3.8) is 0 Å². The number of hydrogen-bond acceptors (Lipinski definition) is 8. The number of esters is 2. The average Bonchev–Trinajstić information content (AvgIpc) is 3.33. The van der Waals surface area contributed by atoms with Gasteiger partial charge in [0, 0.05) is 6.54 Å². The van der Waals surface area contributed by atoms with E-state index in [1.54, 1.807) is 0 Å². The number of likely N-dealkylation sites (N-methyl/N-ethyl adjacent to an activating group) is 1. The maximum absolute atomic E-state index is 12.3. The molecule has 6 aromatic carbocycles. The molecule has 0 heterocycles. The van der Waals surface area contributed by atoms with Gasteiger partial charge in [-0.15, -0.1) is 0 Å². The van der Waals surface area contributed by atoms with Crippen LogP contribution in [0.4, 0.5) is 0 Å². The molecule has 0 aliphatic heterocycles. The van der Waals surface area contributed by atoms with Gasteiger partial charge in [0.15, 0.2) is 6.29 Å². The molecule has 0 aromatic heterocycles. The lowest BCUT2D eigenvalue weighted by molar-refractivity contribution is -0.143. The highest BCUT2D eigenvalue weighted by Crippen LogP contribution is 2.38. The largest absolute Gasteiger partial charge is 0.492 e. The van der Waals surface area contributed by atoms with Crippen LogP contribution in [-0.4, -0.2) is 45.0 Å². The van der Waals surface area contributed by atoms with Crippen LogP contribution in [0.2, 0.25) is 0 Å². The lowest BCUT2D eigenvalue weighted by atomic mass is 9.88. The highest BCUT2D eigenvalue weighted by Gasteiger charge is 2.25. The molecule has 0 atom stereocenters. The number of carbonyl (C=O) groups excluding carboxylic acids is 3. The van der Waals surface area contributed by atoms with Crippen LogP contribution in [0.3, 0.4) is 0 Å². The summed E-state index contributed by atoms with van der Waals surface area (Å²) in [5, 5.41) is 3.09. The zero-order valence-electron chi connectivity index (χ0n) is 40.5. The van der Waals surface area contributed by atoms with Crippen molar-refractivity contribution in [2.45, 2.75) is 68.2 Å². The molecule has 6 aromatic rings. The van der Waals surface area contributed by atoms with E-state index in [2.05, 4.69) is 67.7 Å². The Hall–Kier alpha value is -7.03. The molecule has 0 bridgehead atoms. The molecule has 0 spiro atoms. The summed E-state index contributed by atoms with van der Waals surface area (Å²) in [6.45, 7) is 16.8. The van der Waals surface area contributed by atoms with Crippen LogP contribution in [0.5, 0.6) is 23.0 Å². The van der Waals surface area contributed by atoms with Gasteiger partial charge < -0.3 is 24.3 Å². The number of nitrogens with one attached hydrogen (secondary N) is 1. The predicted octanol–water partition coefficient (Wildman–Crippen LogP) is 13.2. The van der Waals surface area contributed by atoms with Gasteiger partial charge in [-0.2, -0.15) is 0 Å². The number of aldehydes is 1. The Morgan fingerprint density at radius 1 is 0.463 bits per heavy atom. The lowest BCUT2D eigenvalue weighted by Gasteiger charge is -2.18. The van der Waals surface area contributed by atoms with Crippen molar-refractivity contribution in [2.24, 2.45) is 10.8 Å². The molecule has 8 heteroatoms. The molecule has 0 aliphatic carbocycles. The van der Waals surface area contributed by atoms with Crippen LogP contribution in [0.15, 0.2) is 158 Å². The van der Waals surface area contributed by atoms with Crippen molar-refractivity contribution in [3.05, 3.63) is 191 Å². The average molecular weight is 900 g/mol. The lowest BCUT2D eigenvalue weighted by Crippen LogP contribution is -2.25. The molecule has 0 radical (unpaired) electrons. The van der Waals surface area contributed by atoms with Gasteiger partial charge in [0.05, 0.1) is 10.8 Å². The molecule has 0 unspecified atom stereocenters. The first-order valence-corrected chi connectivity index (χ1v) is 22.9. The van der Waals surface area contributed by atoms with Gasteiger partial charge in [0.25, 0.3) is 0 Å². The molecule has 1 N–H and O–H groups in total. The zero-order chi connectivity index (χ0) is 48.4. The Morgan fingerprint density at radius 2 is 0.791 bits per heavy atom. The first-order valence-electron chi connectivity index (χ1n) is 22.9. The Labute approximate surface area is 397 Å². The third-order valence-corrected chi connectivity index (χ3v) is 10.7. The zero-order valence-corrected chi connectivity index (χ0v) is 40.5. The molecule has 0 fully saturated rings. The van der Waals surface area contributed by atoms with E-state index in [0.29, 0.717) is 23.9 Å². The van der Waals surface area contributed by atoms with Crippen molar-refractivity contribution in [1.82, 2.24) is 5.32 Å². The van der Waals surface area contributed by atoms with Crippen molar-refractivity contribution in [3.8, 4) is 23.0 Å². The van der Waals surface area contributed by atoms with Gasteiger partial charge in [0.2, 0.25) is 0 Å². The number of carbonyl (C=O) groups is 3. The Balaban J connectivity index is 0.000000251. The molecule has 0 aliphatic rings. The van der Waals surface area contributed by atoms with Gasteiger partial charge >= 0.3 is 11.9 Å². The van der Waals surface area contributed by atoms with E-state index in [0.717, 1.165) is 70.4 Å². The third kappa shape index (κ3) is 14.7. The first-order chi connectivity index (χ1) is 32.2. The fraction of sp³-hybridized carbons (Fsp3) is 0.271. The SMILES string of the molecule is CC/C(=C(/c1ccc(OCC=O)cc1)c1ccc(OC(=O)C(C)(C)C)cc1)c1ccccc1.CC/C(=C(/c1ccc(OCCNC)cc1)c1ccc(OC(=O)C(C)(C)C)cc1)c1ccccc1. The number of allylic oxidation sites excluding steroid dienone is 2. The molecule has 348 valence electrons. The number of ether oxygens (including phenoxy) is 4. The molecule has 6 rings (SSSR count). The van der Waals surface area contributed by atoms with Crippen LogP contribution in [0.1, 0.15) is 102 Å². The molecule has 0 amide bonds. The summed E-state index contributed by atoms with van der Waals surface area (Å²) in [7, 11) is 1.91. The summed E-state index contributed by atoms with van der Waals surface area (Å²) in [4.78, 5) is 35.2.